The topological polar surface area (TPSA) is 58.5 Å². The van der Waals surface area contributed by atoms with Crippen LogP contribution in [0, 0.1) is 0 Å². The summed E-state index contributed by atoms with van der Waals surface area (Å²) in [6.07, 6.45) is 2.80. The van der Waals surface area contributed by atoms with Gasteiger partial charge in [-0.15, -0.1) is 24.0 Å². The Kier molecular flexibility index (Phi) is 10.1. The van der Waals surface area contributed by atoms with Gasteiger partial charge in [-0.25, -0.2) is 9.98 Å². The van der Waals surface area contributed by atoms with Gasteiger partial charge in [0.15, 0.2) is 5.96 Å². The van der Waals surface area contributed by atoms with E-state index >= 15 is 0 Å². The van der Waals surface area contributed by atoms with Crippen LogP contribution < -0.4 is 15.4 Å². The molecule has 0 aliphatic rings. The number of hydrogen-bond acceptors (Lipinski definition) is 3. The lowest BCUT2D eigenvalue weighted by Gasteiger charge is -2.23. The van der Waals surface area contributed by atoms with Gasteiger partial charge in [-0.2, -0.15) is 0 Å². The lowest BCUT2D eigenvalue weighted by molar-refractivity contribution is 0.305. The van der Waals surface area contributed by atoms with Crippen LogP contribution in [0.4, 0.5) is 0 Å². The minimum Gasteiger partial charge on any atom is -0.478 e. The second-order valence-corrected chi connectivity index (χ2v) is 5.92. The quantitative estimate of drug-likeness (QED) is 0.421. The summed E-state index contributed by atoms with van der Waals surface area (Å²) in [7, 11) is 0. The molecule has 0 spiro atoms. The zero-order valence-corrected chi connectivity index (χ0v) is 16.6. The maximum Gasteiger partial charge on any atom is 0.213 e. The number of aliphatic imine (C=N–C) groups is 1. The second kappa shape index (κ2) is 10.6. The van der Waals surface area contributed by atoms with Gasteiger partial charge < -0.3 is 15.4 Å². The van der Waals surface area contributed by atoms with Crippen molar-refractivity contribution in [3.8, 4) is 5.88 Å². The summed E-state index contributed by atoms with van der Waals surface area (Å²) in [5, 5.41) is 6.60. The van der Waals surface area contributed by atoms with Crippen molar-refractivity contribution >= 4 is 29.9 Å². The maximum absolute atomic E-state index is 5.47. The van der Waals surface area contributed by atoms with Crippen LogP contribution in [0.5, 0.6) is 5.88 Å². The van der Waals surface area contributed by atoms with Crippen molar-refractivity contribution in [1.29, 1.82) is 0 Å². The average molecular weight is 420 g/mol. The number of hydrogen-bond donors (Lipinski definition) is 2. The third-order valence-corrected chi connectivity index (χ3v) is 2.51. The number of halogens is 1. The lowest BCUT2D eigenvalue weighted by Crippen LogP contribution is -2.47. The van der Waals surface area contributed by atoms with Crippen molar-refractivity contribution in [2.45, 2.75) is 53.1 Å². The number of ether oxygens (including phenoxy) is 1. The predicted molar refractivity (Wildman–Crippen MR) is 103 cm³/mol. The molecule has 0 saturated carbocycles. The van der Waals surface area contributed by atoms with Crippen molar-refractivity contribution in [2.75, 3.05) is 13.2 Å². The molecule has 0 radical (unpaired) electrons. The van der Waals surface area contributed by atoms with Gasteiger partial charge in [-0.1, -0.05) is 13.0 Å². The van der Waals surface area contributed by atoms with Crippen LogP contribution in [-0.2, 0) is 6.54 Å². The summed E-state index contributed by atoms with van der Waals surface area (Å²) in [6.45, 7) is 12.6. The fourth-order valence-corrected chi connectivity index (χ4v) is 1.63. The van der Waals surface area contributed by atoms with E-state index in [0.717, 1.165) is 24.5 Å². The van der Waals surface area contributed by atoms with Crippen molar-refractivity contribution < 1.29 is 4.74 Å². The molecular weight excluding hydrogens is 391 g/mol. The van der Waals surface area contributed by atoms with E-state index in [0.29, 0.717) is 19.0 Å². The molecule has 0 aromatic carbocycles. The smallest absolute Gasteiger partial charge is 0.213 e. The van der Waals surface area contributed by atoms with E-state index in [2.05, 4.69) is 55.2 Å². The number of rotatable bonds is 6. The highest BCUT2D eigenvalue weighted by Gasteiger charge is 2.11. The molecule has 0 atom stereocenters. The van der Waals surface area contributed by atoms with Gasteiger partial charge >= 0.3 is 0 Å². The van der Waals surface area contributed by atoms with Gasteiger partial charge in [0.05, 0.1) is 13.2 Å². The molecule has 0 bridgehead atoms. The summed E-state index contributed by atoms with van der Waals surface area (Å²) in [4.78, 5) is 8.86. The van der Waals surface area contributed by atoms with E-state index in [9.17, 15) is 0 Å². The third-order valence-electron chi connectivity index (χ3n) is 2.51. The first-order valence-corrected chi connectivity index (χ1v) is 7.59. The molecule has 1 aromatic heterocycles. The highest BCUT2D eigenvalue weighted by atomic mass is 127. The fraction of sp³-hybridized carbons (Fsp3) is 0.625. The van der Waals surface area contributed by atoms with Gasteiger partial charge in [0.25, 0.3) is 0 Å². The van der Waals surface area contributed by atoms with Crippen LogP contribution in [0.25, 0.3) is 0 Å². The number of pyridine rings is 1. The van der Waals surface area contributed by atoms with E-state index in [4.69, 9.17) is 4.74 Å². The third kappa shape index (κ3) is 9.07. The standard InChI is InChI=1S/C16H28N4O.HI/c1-6-10-21-14-9-8-13(11-18-14)12-19-15(17-7-2)20-16(3,4)5;/h8-9,11H,6-7,10,12H2,1-5H3,(H2,17,19,20);1H. The first-order valence-electron chi connectivity index (χ1n) is 7.59. The molecule has 2 N–H and O–H groups in total. The summed E-state index contributed by atoms with van der Waals surface area (Å²) in [6, 6.07) is 3.90. The molecule has 5 nitrogen and oxygen atoms in total. The van der Waals surface area contributed by atoms with Gasteiger partial charge in [0.1, 0.15) is 0 Å². The Morgan fingerprint density at radius 1 is 1.27 bits per heavy atom. The van der Waals surface area contributed by atoms with Gasteiger partial charge in [0, 0.05) is 24.3 Å². The molecule has 1 aromatic rings. The van der Waals surface area contributed by atoms with E-state index in [-0.39, 0.29) is 29.5 Å². The molecule has 0 aliphatic carbocycles. The number of nitrogens with zero attached hydrogens (tertiary/aromatic N) is 2. The molecule has 6 heteroatoms. The van der Waals surface area contributed by atoms with E-state index in [1.807, 2.05) is 18.3 Å². The van der Waals surface area contributed by atoms with Crippen molar-refractivity contribution in [3.63, 3.8) is 0 Å². The molecule has 0 saturated heterocycles. The van der Waals surface area contributed by atoms with Gasteiger partial charge in [0.2, 0.25) is 5.88 Å². The highest BCUT2D eigenvalue weighted by molar-refractivity contribution is 14.0. The molecular formula is C16H29IN4O. The first-order chi connectivity index (χ1) is 9.94. The van der Waals surface area contributed by atoms with Crippen LogP contribution in [0.15, 0.2) is 23.3 Å². The average Bonchev–Trinajstić information content (AvgIpc) is 2.42. The minimum absolute atomic E-state index is 0. The Bertz CT molecular complexity index is 440. The summed E-state index contributed by atoms with van der Waals surface area (Å²) in [5.41, 5.74) is 1.04. The molecule has 1 heterocycles. The predicted octanol–water partition coefficient (Wildman–Crippen LogP) is 3.34. The monoisotopic (exact) mass is 420 g/mol. The SMILES string of the molecule is CCCOc1ccc(CN=C(NCC)NC(C)(C)C)cn1.I. The molecule has 0 fully saturated rings. The van der Waals surface area contributed by atoms with E-state index in [1.54, 1.807) is 0 Å². The molecule has 1 rings (SSSR count). The lowest BCUT2D eigenvalue weighted by atomic mass is 10.1. The molecule has 22 heavy (non-hydrogen) atoms. The van der Waals surface area contributed by atoms with Gasteiger partial charge in [-0.05, 0) is 39.7 Å². The first kappa shape index (κ1) is 20.9. The molecule has 0 amide bonds. The van der Waals surface area contributed by atoms with E-state index < -0.39 is 0 Å². The summed E-state index contributed by atoms with van der Waals surface area (Å²) >= 11 is 0. The van der Waals surface area contributed by atoms with Gasteiger partial charge in [-0.3, -0.25) is 0 Å². The Morgan fingerprint density at radius 3 is 2.50 bits per heavy atom. The van der Waals surface area contributed by atoms with Crippen LogP contribution in [-0.4, -0.2) is 29.6 Å². The van der Waals surface area contributed by atoms with Crippen LogP contribution in [0.3, 0.4) is 0 Å². The zero-order chi connectivity index (χ0) is 15.7. The summed E-state index contributed by atoms with van der Waals surface area (Å²) < 4.78 is 5.47. The number of aromatic nitrogens is 1. The van der Waals surface area contributed by atoms with Crippen LogP contribution in [0.1, 0.15) is 46.6 Å². The summed E-state index contributed by atoms with van der Waals surface area (Å²) in [5.74, 6) is 1.49. The number of guanidine groups is 1. The van der Waals surface area contributed by atoms with Crippen molar-refractivity contribution in [1.82, 2.24) is 15.6 Å². The molecule has 126 valence electrons. The Balaban J connectivity index is 0.00000441. The minimum atomic E-state index is -0.0168. The fourth-order valence-electron chi connectivity index (χ4n) is 1.63. The van der Waals surface area contributed by atoms with E-state index in [1.165, 1.54) is 0 Å². The molecule has 0 unspecified atom stereocenters. The maximum atomic E-state index is 5.47. The Labute approximate surface area is 151 Å². The van der Waals surface area contributed by atoms with Crippen LogP contribution >= 0.6 is 24.0 Å². The number of nitrogens with one attached hydrogen (secondary N) is 2. The Hall–Kier alpha value is -1.05. The zero-order valence-electron chi connectivity index (χ0n) is 14.3. The highest BCUT2D eigenvalue weighted by Crippen LogP contribution is 2.09. The van der Waals surface area contributed by atoms with Crippen LogP contribution in [0.2, 0.25) is 0 Å². The second-order valence-electron chi connectivity index (χ2n) is 5.92. The largest absolute Gasteiger partial charge is 0.478 e. The van der Waals surface area contributed by atoms with Crippen molar-refractivity contribution in [3.05, 3.63) is 23.9 Å². The van der Waals surface area contributed by atoms with Crippen molar-refractivity contribution in [2.24, 2.45) is 4.99 Å². The molecule has 0 aliphatic heterocycles. The normalized spacial score (nSPS) is 11.6. The Morgan fingerprint density at radius 2 is 2.00 bits per heavy atom.